The van der Waals surface area contributed by atoms with Crippen molar-refractivity contribution in [1.29, 1.82) is 0 Å². The molecule has 2 aromatic heterocycles. The Bertz CT molecular complexity index is 920. The molecule has 9 heteroatoms. The third-order valence-electron chi connectivity index (χ3n) is 5.58. The lowest BCUT2D eigenvalue weighted by Gasteiger charge is -2.24. The van der Waals surface area contributed by atoms with Gasteiger partial charge in [-0.05, 0) is 46.1 Å². The summed E-state index contributed by atoms with van der Waals surface area (Å²) in [5.41, 5.74) is 2.48. The molecule has 2 saturated heterocycles. The van der Waals surface area contributed by atoms with E-state index in [1.807, 2.05) is 37.7 Å². The predicted molar refractivity (Wildman–Crippen MR) is 120 cm³/mol. The Kier molecular flexibility index (Phi) is 6.39. The van der Waals surface area contributed by atoms with E-state index in [4.69, 9.17) is 21.1 Å². The first kappa shape index (κ1) is 21.9. The third-order valence-corrected chi connectivity index (χ3v) is 5.78. The fourth-order valence-electron chi connectivity index (χ4n) is 4.10. The zero-order valence-corrected chi connectivity index (χ0v) is 19.1. The van der Waals surface area contributed by atoms with Crippen molar-refractivity contribution < 1.29 is 14.3 Å². The number of alkyl carbamates (subject to hydrolysis) is 1. The molecular weight excluding hydrogens is 418 g/mol. The number of nitrogens with zero attached hydrogens (tertiary/aromatic N) is 4. The van der Waals surface area contributed by atoms with Crippen LogP contribution in [0.25, 0.3) is 11.1 Å². The zero-order chi connectivity index (χ0) is 22.0. The first-order valence-electron chi connectivity index (χ1n) is 10.8. The Labute approximate surface area is 187 Å². The van der Waals surface area contributed by atoms with E-state index >= 15 is 0 Å². The van der Waals surface area contributed by atoms with Crippen LogP contribution in [0, 0.1) is 0 Å². The molecule has 2 fully saturated rings. The molecule has 2 aliphatic heterocycles. The van der Waals surface area contributed by atoms with Gasteiger partial charge in [-0.1, -0.05) is 11.6 Å². The van der Waals surface area contributed by atoms with E-state index in [1.165, 1.54) is 0 Å². The number of halogens is 1. The molecule has 0 saturated carbocycles. The van der Waals surface area contributed by atoms with Gasteiger partial charge in [0.2, 0.25) is 0 Å². The van der Waals surface area contributed by atoms with Crippen molar-refractivity contribution >= 4 is 23.4 Å². The summed E-state index contributed by atoms with van der Waals surface area (Å²) in [4.78, 5) is 18.7. The minimum Gasteiger partial charge on any atom is -0.444 e. The summed E-state index contributed by atoms with van der Waals surface area (Å²) in [7, 11) is 0. The van der Waals surface area contributed by atoms with Crippen LogP contribution in [-0.4, -0.2) is 58.8 Å². The molecule has 1 amide bonds. The maximum absolute atomic E-state index is 12.2. The lowest BCUT2D eigenvalue weighted by Crippen LogP contribution is -2.40. The number of nitrogens with one attached hydrogen (secondary N) is 1. The van der Waals surface area contributed by atoms with Crippen molar-refractivity contribution in [3.8, 4) is 11.1 Å². The zero-order valence-electron chi connectivity index (χ0n) is 18.3. The molecule has 0 unspecified atom stereocenters. The molecule has 4 rings (SSSR count). The van der Waals surface area contributed by atoms with E-state index in [2.05, 4.69) is 26.5 Å². The minimum absolute atomic E-state index is 0.0135. The van der Waals surface area contributed by atoms with Crippen LogP contribution in [0.5, 0.6) is 0 Å². The molecular formula is C22H30ClN5O3. The largest absolute Gasteiger partial charge is 0.444 e. The van der Waals surface area contributed by atoms with Crippen molar-refractivity contribution in [2.45, 2.75) is 57.7 Å². The molecule has 4 heterocycles. The molecule has 0 bridgehead atoms. The van der Waals surface area contributed by atoms with Crippen LogP contribution in [0.4, 0.5) is 10.5 Å². The van der Waals surface area contributed by atoms with Gasteiger partial charge in [0.15, 0.2) is 0 Å². The number of rotatable bonds is 4. The Morgan fingerprint density at radius 2 is 2.03 bits per heavy atom. The number of ether oxygens (including phenoxy) is 2. The second kappa shape index (κ2) is 9.04. The topological polar surface area (TPSA) is 81.5 Å². The lowest BCUT2D eigenvalue weighted by atomic mass is 10.1. The summed E-state index contributed by atoms with van der Waals surface area (Å²) >= 11 is 6.24. The van der Waals surface area contributed by atoms with Crippen LogP contribution in [-0.2, 0) is 9.47 Å². The summed E-state index contributed by atoms with van der Waals surface area (Å²) in [6.07, 6.45) is 8.16. The average Bonchev–Trinajstić information content (AvgIpc) is 3.37. The van der Waals surface area contributed by atoms with Gasteiger partial charge in [0.05, 0.1) is 18.3 Å². The Morgan fingerprint density at radius 1 is 1.26 bits per heavy atom. The number of anilines is 1. The van der Waals surface area contributed by atoms with Gasteiger partial charge in [-0.2, -0.15) is 5.10 Å². The molecule has 0 radical (unpaired) electrons. The summed E-state index contributed by atoms with van der Waals surface area (Å²) < 4.78 is 12.9. The van der Waals surface area contributed by atoms with Gasteiger partial charge in [0.1, 0.15) is 10.8 Å². The molecule has 0 spiro atoms. The number of carbonyl (C=O) groups excluding carboxylic acids is 1. The second-order valence-electron chi connectivity index (χ2n) is 9.15. The van der Waals surface area contributed by atoms with Gasteiger partial charge in [0, 0.05) is 55.5 Å². The molecule has 1 N–H and O–H groups in total. The van der Waals surface area contributed by atoms with E-state index in [1.54, 1.807) is 6.20 Å². The molecule has 8 nitrogen and oxygen atoms in total. The molecule has 1 atom stereocenters. The fourth-order valence-corrected chi connectivity index (χ4v) is 4.25. The highest BCUT2D eigenvalue weighted by atomic mass is 35.5. The standard InChI is InChI=1S/C22H30ClN5O3/c1-22(2,3)31-21(29)26-16-4-7-27(14-16)19-10-20(23)24-12-18(19)15-11-25-28(13-15)17-5-8-30-9-6-17/h10-13,16-17H,4-9,14H2,1-3H3,(H,26,29)/t16-/m0/s1. The summed E-state index contributed by atoms with van der Waals surface area (Å²) in [6, 6.07) is 2.26. The smallest absolute Gasteiger partial charge is 0.407 e. The van der Waals surface area contributed by atoms with Crippen LogP contribution in [0.1, 0.15) is 46.1 Å². The van der Waals surface area contributed by atoms with E-state index in [0.29, 0.717) is 17.7 Å². The van der Waals surface area contributed by atoms with E-state index < -0.39 is 5.60 Å². The minimum atomic E-state index is -0.515. The molecule has 31 heavy (non-hydrogen) atoms. The van der Waals surface area contributed by atoms with Gasteiger partial charge < -0.3 is 19.7 Å². The van der Waals surface area contributed by atoms with Crippen LogP contribution in [0.2, 0.25) is 5.15 Å². The van der Waals surface area contributed by atoms with Crippen molar-refractivity contribution in [3.63, 3.8) is 0 Å². The number of amides is 1. The molecule has 2 aromatic rings. The van der Waals surface area contributed by atoms with Crippen LogP contribution in [0.15, 0.2) is 24.7 Å². The molecule has 0 aromatic carbocycles. The number of hydrogen-bond acceptors (Lipinski definition) is 6. The quantitative estimate of drug-likeness (QED) is 0.712. The molecule has 2 aliphatic rings. The lowest BCUT2D eigenvalue weighted by molar-refractivity contribution is 0.0509. The van der Waals surface area contributed by atoms with Crippen molar-refractivity contribution in [1.82, 2.24) is 20.1 Å². The van der Waals surface area contributed by atoms with Gasteiger partial charge >= 0.3 is 6.09 Å². The first-order valence-corrected chi connectivity index (χ1v) is 11.2. The first-order chi connectivity index (χ1) is 14.8. The van der Waals surface area contributed by atoms with Crippen molar-refractivity contribution in [2.24, 2.45) is 0 Å². The Balaban J connectivity index is 1.49. The number of aromatic nitrogens is 3. The SMILES string of the molecule is CC(C)(C)OC(=O)N[C@H]1CCN(c2cc(Cl)ncc2-c2cnn(C3CCOCC3)c2)C1. The highest BCUT2D eigenvalue weighted by molar-refractivity contribution is 6.29. The molecule has 168 valence electrons. The molecule has 0 aliphatic carbocycles. The average molecular weight is 448 g/mol. The van der Waals surface area contributed by atoms with Crippen molar-refractivity contribution in [2.75, 3.05) is 31.2 Å². The van der Waals surface area contributed by atoms with Gasteiger partial charge in [-0.3, -0.25) is 4.68 Å². The maximum atomic E-state index is 12.2. The summed E-state index contributed by atoms with van der Waals surface area (Å²) in [6.45, 7) is 8.61. The van der Waals surface area contributed by atoms with Gasteiger partial charge in [-0.25, -0.2) is 9.78 Å². The van der Waals surface area contributed by atoms with Crippen molar-refractivity contribution in [3.05, 3.63) is 29.8 Å². The van der Waals surface area contributed by atoms with Crippen LogP contribution in [0.3, 0.4) is 0 Å². The number of hydrogen-bond donors (Lipinski definition) is 1. The predicted octanol–water partition coefficient (Wildman–Crippen LogP) is 4.05. The van der Waals surface area contributed by atoms with E-state index in [0.717, 1.165) is 55.8 Å². The fraction of sp³-hybridized carbons (Fsp3) is 0.591. The highest BCUT2D eigenvalue weighted by Crippen LogP contribution is 2.35. The summed E-state index contributed by atoms with van der Waals surface area (Å²) in [5.74, 6) is 0. The second-order valence-corrected chi connectivity index (χ2v) is 9.54. The van der Waals surface area contributed by atoms with Gasteiger partial charge in [-0.15, -0.1) is 0 Å². The van der Waals surface area contributed by atoms with Crippen LogP contribution >= 0.6 is 11.6 Å². The van der Waals surface area contributed by atoms with E-state index in [9.17, 15) is 4.79 Å². The van der Waals surface area contributed by atoms with Gasteiger partial charge in [0.25, 0.3) is 0 Å². The maximum Gasteiger partial charge on any atom is 0.407 e. The number of carbonyl (C=O) groups is 1. The number of pyridine rings is 1. The van der Waals surface area contributed by atoms with E-state index in [-0.39, 0.29) is 12.1 Å². The normalized spacial score (nSPS) is 20.1. The van der Waals surface area contributed by atoms with Crippen LogP contribution < -0.4 is 10.2 Å². The summed E-state index contributed by atoms with van der Waals surface area (Å²) in [5, 5.41) is 8.02. The monoisotopic (exact) mass is 447 g/mol. The third kappa shape index (κ3) is 5.49. The Morgan fingerprint density at radius 3 is 2.77 bits per heavy atom. The highest BCUT2D eigenvalue weighted by Gasteiger charge is 2.28. The Hall–Kier alpha value is -2.32.